The number of ether oxygens (including phenoxy) is 2. The Morgan fingerprint density at radius 3 is 2.84 bits per heavy atom. The number of benzene rings is 1. The first-order valence-electron chi connectivity index (χ1n) is 6.83. The molecule has 1 aromatic rings. The van der Waals surface area contributed by atoms with Gasteiger partial charge >= 0.3 is 0 Å². The van der Waals surface area contributed by atoms with Crippen molar-refractivity contribution >= 4 is 5.91 Å². The first-order chi connectivity index (χ1) is 9.20. The molecule has 2 rings (SSSR count). The van der Waals surface area contributed by atoms with Crippen molar-refractivity contribution in [3.63, 3.8) is 0 Å². The Bertz CT molecular complexity index is 445. The number of fused-ring (bicyclic) bond motifs is 1. The summed E-state index contributed by atoms with van der Waals surface area (Å²) < 4.78 is 10.6. The van der Waals surface area contributed by atoms with Crippen LogP contribution in [0.5, 0.6) is 11.5 Å². The van der Waals surface area contributed by atoms with Gasteiger partial charge in [-0.3, -0.25) is 4.79 Å². The van der Waals surface area contributed by atoms with E-state index in [1.807, 2.05) is 25.2 Å². The summed E-state index contributed by atoms with van der Waals surface area (Å²) in [5.74, 6) is 1.75. The molecule has 4 nitrogen and oxygen atoms in total. The summed E-state index contributed by atoms with van der Waals surface area (Å²) in [6.07, 6.45) is 3.86. The highest BCUT2D eigenvalue weighted by atomic mass is 16.7. The van der Waals surface area contributed by atoms with E-state index in [4.69, 9.17) is 9.47 Å². The predicted molar refractivity (Wildman–Crippen MR) is 73.2 cm³/mol. The number of amides is 1. The maximum absolute atomic E-state index is 11.9. The van der Waals surface area contributed by atoms with Crippen LogP contribution in [0.4, 0.5) is 0 Å². The summed E-state index contributed by atoms with van der Waals surface area (Å²) in [5, 5.41) is 0. The number of rotatable bonds is 6. The molecule has 0 N–H and O–H groups in total. The van der Waals surface area contributed by atoms with Gasteiger partial charge in [-0.15, -0.1) is 0 Å². The average Bonchev–Trinajstić information content (AvgIpc) is 2.86. The van der Waals surface area contributed by atoms with Crippen molar-refractivity contribution in [3.8, 4) is 11.5 Å². The van der Waals surface area contributed by atoms with Crippen LogP contribution in [-0.4, -0.2) is 24.6 Å². The Balaban J connectivity index is 1.88. The van der Waals surface area contributed by atoms with Crippen LogP contribution in [0.25, 0.3) is 0 Å². The first-order valence-corrected chi connectivity index (χ1v) is 6.83. The zero-order valence-corrected chi connectivity index (χ0v) is 11.6. The molecule has 0 aliphatic carbocycles. The summed E-state index contributed by atoms with van der Waals surface area (Å²) >= 11 is 0. The molecule has 1 aliphatic heterocycles. The summed E-state index contributed by atoms with van der Waals surface area (Å²) in [5.41, 5.74) is 1.07. The van der Waals surface area contributed by atoms with Crippen molar-refractivity contribution in [2.75, 3.05) is 13.8 Å². The van der Waals surface area contributed by atoms with Crippen molar-refractivity contribution < 1.29 is 14.3 Å². The molecule has 0 saturated heterocycles. The maximum atomic E-state index is 11.9. The van der Waals surface area contributed by atoms with Crippen LogP contribution in [-0.2, 0) is 11.3 Å². The third-order valence-electron chi connectivity index (χ3n) is 3.28. The van der Waals surface area contributed by atoms with Gasteiger partial charge in [0.2, 0.25) is 12.7 Å². The molecule has 0 fully saturated rings. The minimum absolute atomic E-state index is 0.200. The van der Waals surface area contributed by atoms with Crippen LogP contribution in [0.3, 0.4) is 0 Å². The van der Waals surface area contributed by atoms with E-state index in [1.165, 1.54) is 0 Å². The highest BCUT2D eigenvalue weighted by Crippen LogP contribution is 2.32. The van der Waals surface area contributed by atoms with Gasteiger partial charge in [-0.05, 0) is 24.1 Å². The fraction of sp³-hybridized carbons (Fsp3) is 0.533. The van der Waals surface area contributed by atoms with Crippen LogP contribution in [0.1, 0.15) is 38.2 Å². The summed E-state index contributed by atoms with van der Waals surface area (Å²) in [6.45, 7) is 3.03. The molecule has 1 heterocycles. The second-order valence-electron chi connectivity index (χ2n) is 4.89. The number of unbranched alkanes of at least 4 members (excludes halogenated alkanes) is 2. The Kier molecular flexibility index (Phi) is 4.66. The maximum Gasteiger partial charge on any atom is 0.231 e. The lowest BCUT2D eigenvalue weighted by Crippen LogP contribution is -2.25. The van der Waals surface area contributed by atoms with Gasteiger partial charge in [0.05, 0.1) is 0 Å². The largest absolute Gasteiger partial charge is 0.454 e. The monoisotopic (exact) mass is 263 g/mol. The van der Waals surface area contributed by atoms with Gasteiger partial charge in [-0.25, -0.2) is 0 Å². The van der Waals surface area contributed by atoms with E-state index < -0.39 is 0 Å². The van der Waals surface area contributed by atoms with E-state index in [2.05, 4.69) is 6.92 Å². The normalized spacial score (nSPS) is 12.5. The quantitative estimate of drug-likeness (QED) is 0.741. The van der Waals surface area contributed by atoms with Gasteiger partial charge in [0.15, 0.2) is 11.5 Å². The number of hydrogen-bond acceptors (Lipinski definition) is 3. The van der Waals surface area contributed by atoms with Gasteiger partial charge in [0, 0.05) is 20.0 Å². The molecule has 0 aromatic heterocycles. The standard InChI is InChI=1S/C15H21NO3/c1-3-4-5-6-15(17)16(2)10-12-7-8-13-14(9-12)19-11-18-13/h7-9H,3-6,10-11H2,1-2H3. The molecule has 104 valence electrons. The summed E-state index contributed by atoms with van der Waals surface area (Å²) in [7, 11) is 1.85. The third kappa shape index (κ3) is 3.63. The highest BCUT2D eigenvalue weighted by Gasteiger charge is 2.15. The summed E-state index contributed by atoms with van der Waals surface area (Å²) in [6, 6.07) is 5.81. The van der Waals surface area contributed by atoms with Crippen LogP contribution in [0.2, 0.25) is 0 Å². The lowest BCUT2D eigenvalue weighted by Gasteiger charge is -2.17. The minimum Gasteiger partial charge on any atom is -0.454 e. The summed E-state index contributed by atoms with van der Waals surface area (Å²) in [4.78, 5) is 13.7. The van der Waals surface area contributed by atoms with Crippen molar-refractivity contribution in [2.24, 2.45) is 0 Å². The lowest BCUT2D eigenvalue weighted by atomic mass is 10.1. The molecule has 0 spiro atoms. The first kappa shape index (κ1) is 13.7. The van der Waals surface area contributed by atoms with E-state index in [1.54, 1.807) is 4.90 Å². The highest BCUT2D eigenvalue weighted by molar-refractivity contribution is 5.75. The van der Waals surface area contributed by atoms with E-state index in [0.29, 0.717) is 13.0 Å². The Labute approximate surface area is 114 Å². The van der Waals surface area contributed by atoms with Crippen LogP contribution in [0, 0.1) is 0 Å². The number of hydrogen-bond donors (Lipinski definition) is 0. The van der Waals surface area contributed by atoms with Crippen LogP contribution < -0.4 is 9.47 Å². The molecule has 0 atom stereocenters. The minimum atomic E-state index is 0.200. The van der Waals surface area contributed by atoms with Crippen LogP contribution >= 0.6 is 0 Å². The zero-order chi connectivity index (χ0) is 13.7. The van der Waals surface area contributed by atoms with Gasteiger partial charge < -0.3 is 14.4 Å². The van der Waals surface area contributed by atoms with Gasteiger partial charge in [-0.2, -0.15) is 0 Å². The van der Waals surface area contributed by atoms with Crippen LogP contribution in [0.15, 0.2) is 18.2 Å². The SMILES string of the molecule is CCCCCC(=O)N(C)Cc1ccc2c(c1)OCO2. The third-order valence-corrected chi connectivity index (χ3v) is 3.28. The topological polar surface area (TPSA) is 38.8 Å². The van der Waals surface area contributed by atoms with Crippen molar-refractivity contribution in [1.29, 1.82) is 0 Å². The van der Waals surface area contributed by atoms with Gasteiger partial charge in [-0.1, -0.05) is 25.8 Å². The Hall–Kier alpha value is -1.71. The molecule has 1 aromatic carbocycles. The second-order valence-corrected chi connectivity index (χ2v) is 4.89. The van der Waals surface area contributed by atoms with Gasteiger partial charge in [0.25, 0.3) is 0 Å². The smallest absolute Gasteiger partial charge is 0.231 e. The van der Waals surface area contributed by atoms with E-state index in [-0.39, 0.29) is 12.7 Å². The molecule has 4 heteroatoms. The van der Waals surface area contributed by atoms with Crippen molar-refractivity contribution in [3.05, 3.63) is 23.8 Å². The molecule has 0 saturated carbocycles. The molecule has 1 amide bonds. The molecule has 19 heavy (non-hydrogen) atoms. The molecule has 1 aliphatic rings. The zero-order valence-electron chi connectivity index (χ0n) is 11.6. The second kappa shape index (κ2) is 6.45. The number of nitrogens with zero attached hydrogens (tertiary/aromatic N) is 1. The fourth-order valence-electron chi connectivity index (χ4n) is 2.12. The Morgan fingerprint density at radius 2 is 2.05 bits per heavy atom. The lowest BCUT2D eigenvalue weighted by molar-refractivity contribution is -0.130. The van der Waals surface area contributed by atoms with Crippen molar-refractivity contribution in [2.45, 2.75) is 39.2 Å². The molecule has 0 bridgehead atoms. The van der Waals surface area contributed by atoms with E-state index in [9.17, 15) is 4.79 Å². The van der Waals surface area contributed by atoms with E-state index in [0.717, 1.165) is 36.3 Å². The van der Waals surface area contributed by atoms with E-state index >= 15 is 0 Å². The molecule has 0 unspecified atom stereocenters. The molecule has 0 radical (unpaired) electrons. The average molecular weight is 263 g/mol. The predicted octanol–water partition coefficient (Wildman–Crippen LogP) is 2.95. The number of carbonyl (C=O) groups excluding carboxylic acids is 1. The van der Waals surface area contributed by atoms with Crippen molar-refractivity contribution in [1.82, 2.24) is 4.90 Å². The Morgan fingerprint density at radius 1 is 1.26 bits per heavy atom. The molecular formula is C15H21NO3. The fourth-order valence-corrected chi connectivity index (χ4v) is 2.12. The number of carbonyl (C=O) groups is 1. The molecular weight excluding hydrogens is 242 g/mol. The van der Waals surface area contributed by atoms with Gasteiger partial charge in [0.1, 0.15) is 0 Å².